The van der Waals surface area contributed by atoms with E-state index in [0.29, 0.717) is 18.8 Å². The molecule has 2 N–H and O–H groups in total. The number of aryl methyl sites for hydroxylation is 1. The second-order valence-corrected chi connectivity index (χ2v) is 7.96. The molecule has 0 fully saturated rings. The molecule has 0 spiro atoms. The fourth-order valence-corrected chi connectivity index (χ4v) is 5.69. The summed E-state index contributed by atoms with van der Waals surface area (Å²) < 4.78 is 10.9. The molecule has 0 aliphatic carbocycles. The van der Waals surface area contributed by atoms with Crippen LogP contribution < -0.4 is 16.0 Å². The number of anilines is 1. The van der Waals surface area contributed by atoms with Gasteiger partial charge >= 0.3 is 0 Å². The Morgan fingerprint density at radius 3 is 2.48 bits per heavy atom. The molecule has 0 amide bonds. The van der Waals surface area contributed by atoms with Crippen molar-refractivity contribution in [1.82, 2.24) is 4.57 Å². The van der Waals surface area contributed by atoms with E-state index in [1.165, 1.54) is 9.64 Å². The molecule has 2 rings (SSSR count). The van der Waals surface area contributed by atoms with Crippen molar-refractivity contribution in [2.45, 2.75) is 13.0 Å². The second-order valence-electron chi connectivity index (χ2n) is 4.39. The standard InChI is InChI=1S/C14H13I3N2O2/c15-9-6-11(16)14(12(17)7-9)21-5-1-4-19-8-10(18)2-3-13(19)20/h2-3,6-8H,1,4-5,18H2. The number of ether oxygens (including phenoxy) is 1. The van der Waals surface area contributed by atoms with Gasteiger partial charge in [-0.15, -0.1) is 0 Å². The molecule has 0 saturated carbocycles. The molecule has 0 aliphatic rings. The number of pyridine rings is 1. The Bertz CT molecular complexity index is 678. The minimum atomic E-state index is -0.0392. The first-order valence-electron chi connectivity index (χ1n) is 6.20. The molecule has 1 heterocycles. The summed E-state index contributed by atoms with van der Waals surface area (Å²) in [7, 11) is 0. The maximum atomic E-state index is 11.6. The van der Waals surface area contributed by atoms with Gasteiger partial charge in [-0.2, -0.15) is 0 Å². The molecule has 4 nitrogen and oxygen atoms in total. The van der Waals surface area contributed by atoms with Crippen LogP contribution in [0.15, 0.2) is 35.3 Å². The Labute approximate surface area is 163 Å². The topological polar surface area (TPSA) is 57.2 Å². The van der Waals surface area contributed by atoms with E-state index < -0.39 is 0 Å². The van der Waals surface area contributed by atoms with Gasteiger partial charge in [-0.05, 0) is 92.4 Å². The maximum Gasteiger partial charge on any atom is 0.250 e. The van der Waals surface area contributed by atoms with Crippen LogP contribution in [0.4, 0.5) is 5.69 Å². The van der Waals surface area contributed by atoms with Crippen LogP contribution in [-0.2, 0) is 6.54 Å². The number of nitrogens with two attached hydrogens (primary N) is 1. The van der Waals surface area contributed by atoms with Crippen molar-refractivity contribution in [2.75, 3.05) is 12.3 Å². The Morgan fingerprint density at radius 1 is 1.14 bits per heavy atom. The smallest absolute Gasteiger partial charge is 0.250 e. The summed E-state index contributed by atoms with van der Waals surface area (Å²) in [5.74, 6) is 0.913. The fraction of sp³-hybridized carbons (Fsp3) is 0.214. The van der Waals surface area contributed by atoms with Gasteiger partial charge in [0, 0.05) is 28.1 Å². The number of nitrogens with zero attached hydrogens (tertiary/aromatic N) is 1. The zero-order chi connectivity index (χ0) is 15.4. The summed E-state index contributed by atoms with van der Waals surface area (Å²) in [5, 5.41) is 0. The highest BCUT2D eigenvalue weighted by Crippen LogP contribution is 2.29. The highest BCUT2D eigenvalue weighted by Gasteiger charge is 2.08. The lowest BCUT2D eigenvalue weighted by atomic mass is 10.3. The van der Waals surface area contributed by atoms with Crippen LogP contribution >= 0.6 is 67.8 Å². The van der Waals surface area contributed by atoms with E-state index in [-0.39, 0.29) is 5.56 Å². The SMILES string of the molecule is Nc1ccc(=O)n(CCCOc2c(I)cc(I)cc2I)c1. The summed E-state index contributed by atoms with van der Waals surface area (Å²) in [4.78, 5) is 11.6. The second kappa shape index (κ2) is 7.99. The van der Waals surface area contributed by atoms with Gasteiger partial charge in [0.1, 0.15) is 5.75 Å². The number of aromatic nitrogens is 1. The Kier molecular flexibility index (Phi) is 6.59. The van der Waals surface area contributed by atoms with Gasteiger partial charge in [0.05, 0.1) is 13.7 Å². The number of hydrogen-bond donors (Lipinski definition) is 1. The molecule has 0 atom stereocenters. The lowest BCUT2D eigenvalue weighted by Crippen LogP contribution is -2.20. The van der Waals surface area contributed by atoms with Crippen molar-refractivity contribution < 1.29 is 4.74 Å². The van der Waals surface area contributed by atoms with Crippen LogP contribution in [0.5, 0.6) is 5.75 Å². The zero-order valence-corrected chi connectivity index (χ0v) is 17.5. The average Bonchev–Trinajstić information content (AvgIpc) is 2.40. The summed E-state index contributed by atoms with van der Waals surface area (Å²) in [6.45, 7) is 1.16. The van der Waals surface area contributed by atoms with E-state index in [4.69, 9.17) is 10.5 Å². The third-order valence-electron chi connectivity index (χ3n) is 2.76. The van der Waals surface area contributed by atoms with E-state index in [0.717, 1.165) is 19.3 Å². The Morgan fingerprint density at radius 2 is 1.81 bits per heavy atom. The van der Waals surface area contributed by atoms with Crippen molar-refractivity contribution in [3.63, 3.8) is 0 Å². The van der Waals surface area contributed by atoms with Gasteiger partial charge in [0.2, 0.25) is 0 Å². The van der Waals surface area contributed by atoms with E-state index in [2.05, 4.69) is 79.9 Å². The van der Waals surface area contributed by atoms with Crippen LogP contribution in [0, 0.1) is 10.7 Å². The average molecular weight is 622 g/mol. The van der Waals surface area contributed by atoms with Gasteiger partial charge in [0.15, 0.2) is 0 Å². The highest BCUT2D eigenvalue weighted by molar-refractivity contribution is 14.1. The molecular weight excluding hydrogens is 609 g/mol. The molecule has 0 saturated heterocycles. The first-order valence-corrected chi connectivity index (χ1v) is 9.44. The molecule has 21 heavy (non-hydrogen) atoms. The predicted molar refractivity (Wildman–Crippen MR) is 110 cm³/mol. The van der Waals surface area contributed by atoms with E-state index >= 15 is 0 Å². The molecule has 0 unspecified atom stereocenters. The molecule has 0 aliphatic heterocycles. The van der Waals surface area contributed by atoms with Crippen LogP contribution in [0.25, 0.3) is 0 Å². The minimum Gasteiger partial charge on any atom is -0.491 e. The molecule has 112 valence electrons. The van der Waals surface area contributed by atoms with Crippen LogP contribution in [0.1, 0.15) is 6.42 Å². The first-order chi connectivity index (χ1) is 9.97. The molecular formula is C14H13I3N2O2. The fourth-order valence-electron chi connectivity index (χ4n) is 1.80. The molecule has 0 radical (unpaired) electrons. The van der Waals surface area contributed by atoms with Gasteiger partial charge in [-0.1, -0.05) is 0 Å². The molecule has 0 bridgehead atoms. The first kappa shape index (κ1) is 17.3. The molecule has 1 aromatic carbocycles. The number of halogens is 3. The van der Waals surface area contributed by atoms with Crippen molar-refractivity contribution in [2.24, 2.45) is 0 Å². The van der Waals surface area contributed by atoms with Crippen molar-refractivity contribution in [1.29, 1.82) is 0 Å². The number of benzene rings is 1. The predicted octanol–water partition coefficient (Wildman–Crippen LogP) is 3.71. The van der Waals surface area contributed by atoms with Gasteiger partial charge in [-0.3, -0.25) is 4.79 Å². The van der Waals surface area contributed by atoms with Crippen molar-refractivity contribution in [3.05, 3.63) is 51.5 Å². The third kappa shape index (κ3) is 4.98. The van der Waals surface area contributed by atoms with Crippen LogP contribution in [0.3, 0.4) is 0 Å². The van der Waals surface area contributed by atoms with Gasteiger partial charge < -0.3 is 15.0 Å². The van der Waals surface area contributed by atoms with Gasteiger partial charge in [-0.25, -0.2) is 0 Å². The van der Waals surface area contributed by atoms with Crippen LogP contribution in [0.2, 0.25) is 0 Å². The van der Waals surface area contributed by atoms with E-state index in [1.807, 2.05) is 0 Å². The van der Waals surface area contributed by atoms with Gasteiger partial charge in [0.25, 0.3) is 5.56 Å². The Hall–Kier alpha value is -0.0400. The molecule has 2 aromatic rings. The van der Waals surface area contributed by atoms with E-state index in [1.54, 1.807) is 16.8 Å². The largest absolute Gasteiger partial charge is 0.491 e. The Balaban J connectivity index is 1.94. The zero-order valence-electron chi connectivity index (χ0n) is 11.0. The summed E-state index contributed by atoms with van der Waals surface area (Å²) in [6, 6.07) is 7.27. The quantitative estimate of drug-likeness (QED) is 0.409. The van der Waals surface area contributed by atoms with E-state index in [9.17, 15) is 4.79 Å². The number of nitrogen functional groups attached to an aromatic ring is 1. The summed E-state index contributed by atoms with van der Waals surface area (Å²) in [6.07, 6.45) is 2.42. The monoisotopic (exact) mass is 622 g/mol. The third-order valence-corrected chi connectivity index (χ3v) is 4.98. The lowest BCUT2D eigenvalue weighted by molar-refractivity contribution is 0.297. The summed E-state index contributed by atoms with van der Waals surface area (Å²) >= 11 is 6.85. The van der Waals surface area contributed by atoms with Crippen molar-refractivity contribution >= 4 is 73.5 Å². The lowest BCUT2D eigenvalue weighted by Gasteiger charge is -2.11. The number of hydrogen-bond acceptors (Lipinski definition) is 3. The maximum absolute atomic E-state index is 11.6. The minimum absolute atomic E-state index is 0.0392. The van der Waals surface area contributed by atoms with Crippen LogP contribution in [-0.4, -0.2) is 11.2 Å². The normalized spacial score (nSPS) is 10.6. The summed E-state index contributed by atoms with van der Waals surface area (Å²) in [5.41, 5.74) is 6.24. The molecule has 7 heteroatoms. The van der Waals surface area contributed by atoms with Crippen molar-refractivity contribution in [3.8, 4) is 5.75 Å². The molecule has 1 aromatic heterocycles. The number of rotatable bonds is 5. The highest BCUT2D eigenvalue weighted by atomic mass is 127.